The molecule has 0 aliphatic heterocycles. The zero-order chi connectivity index (χ0) is 12.3. The van der Waals surface area contributed by atoms with Gasteiger partial charge < -0.3 is 0 Å². The van der Waals surface area contributed by atoms with Gasteiger partial charge in [-0.1, -0.05) is 36.7 Å². The van der Waals surface area contributed by atoms with Crippen LogP contribution in [-0.2, 0) is 5.41 Å². The maximum atomic E-state index is 11.6. The van der Waals surface area contributed by atoms with Gasteiger partial charge in [-0.15, -0.1) is 0 Å². The number of rotatable bonds is 2. The van der Waals surface area contributed by atoms with Crippen molar-refractivity contribution in [3.63, 3.8) is 0 Å². The van der Waals surface area contributed by atoms with E-state index >= 15 is 0 Å². The first-order valence-electron chi connectivity index (χ1n) is 5.03. The van der Waals surface area contributed by atoms with Gasteiger partial charge in [0.1, 0.15) is 0 Å². The van der Waals surface area contributed by atoms with Crippen molar-refractivity contribution in [1.29, 1.82) is 5.26 Å². The van der Waals surface area contributed by atoms with Crippen molar-refractivity contribution in [2.24, 2.45) is 0 Å². The molecule has 0 saturated carbocycles. The minimum atomic E-state index is -0.0613. The van der Waals surface area contributed by atoms with Gasteiger partial charge in [0.25, 0.3) is 0 Å². The first-order valence-corrected chi connectivity index (χ1v) is 6.15. The van der Waals surface area contributed by atoms with E-state index in [-0.39, 0.29) is 16.5 Å². The van der Waals surface area contributed by atoms with Gasteiger partial charge in [-0.3, -0.25) is 4.79 Å². The molecule has 0 spiro atoms. The molecule has 0 fully saturated rings. The van der Waals surface area contributed by atoms with Crippen LogP contribution in [0.15, 0.2) is 18.2 Å². The molecule has 0 amide bonds. The fourth-order valence-corrected chi connectivity index (χ4v) is 1.69. The summed E-state index contributed by atoms with van der Waals surface area (Å²) in [6.45, 7) is 6.18. The van der Waals surface area contributed by atoms with Gasteiger partial charge in [-0.25, -0.2) is 0 Å². The number of nitrogens with zero attached hydrogens (tertiary/aromatic N) is 1. The van der Waals surface area contributed by atoms with Gasteiger partial charge in [0.2, 0.25) is 0 Å². The number of halogens is 1. The van der Waals surface area contributed by atoms with E-state index in [0.29, 0.717) is 11.1 Å². The molecule has 0 aliphatic carbocycles. The molecule has 0 radical (unpaired) electrons. The number of ketones is 1. The van der Waals surface area contributed by atoms with E-state index in [4.69, 9.17) is 5.26 Å². The maximum absolute atomic E-state index is 11.6. The van der Waals surface area contributed by atoms with Crippen molar-refractivity contribution in [3.8, 4) is 6.07 Å². The second-order valence-corrected chi connectivity index (χ2v) is 5.28. The summed E-state index contributed by atoms with van der Waals surface area (Å²) in [5.41, 5.74) is 2.09. The summed E-state index contributed by atoms with van der Waals surface area (Å²) >= 11 is 3.14. The van der Waals surface area contributed by atoms with Crippen LogP contribution in [0.1, 0.15) is 42.3 Å². The van der Waals surface area contributed by atoms with Crippen LogP contribution in [0.25, 0.3) is 0 Å². The maximum Gasteiger partial charge on any atom is 0.173 e. The van der Waals surface area contributed by atoms with E-state index in [1.165, 1.54) is 0 Å². The van der Waals surface area contributed by atoms with Gasteiger partial charge in [-0.2, -0.15) is 5.26 Å². The van der Waals surface area contributed by atoms with Gasteiger partial charge in [0.05, 0.1) is 17.0 Å². The Hall–Kier alpha value is -1.14. The number of Topliss-reactive ketones (excluding diaryl/α,β-unsaturated/α-hetero) is 1. The highest BCUT2D eigenvalue weighted by Gasteiger charge is 2.17. The largest absolute Gasteiger partial charge is 0.293 e. The van der Waals surface area contributed by atoms with Crippen molar-refractivity contribution >= 4 is 21.7 Å². The van der Waals surface area contributed by atoms with Crippen molar-refractivity contribution in [3.05, 3.63) is 34.9 Å². The minimum Gasteiger partial charge on any atom is -0.293 e. The molecule has 0 bridgehead atoms. The second-order valence-electron chi connectivity index (χ2n) is 4.72. The lowest BCUT2D eigenvalue weighted by Gasteiger charge is -2.20. The summed E-state index contributed by atoms with van der Waals surface area (Å²) in [7, 11) is 0. The Bertz CT molecular complexity index is 452. The standard InChI is InChI=1S/C13H14BrNO/c1-13(2,3)11-5-9(8-15)4-10(6-11)12(16)7-14/h4-6H,7H2,1-3H3. The van der Waals surface area contributed by atoms with Crippen LogP contribution in [0.4, 0.5) is 0 Å². The van der Waals surface area contributed by atoms with Crippen molar-refractivity contribution < 1.29 is 4.79 Å². The molecule has 84 valence electrons. The molecule has 1 aromatic carbocycles. The highest BCUT2D eigenvalue weighted by atomic mass is 79.9. The number of nitriles is 1. The molecule has 0 atom stereocenters. The van der Waals surface area contributed by atoms with Crippen LogP contribution in [0.3, 0.4) is 0 Å². The number of carbonyl (C=O) groups is 1. The average molecular weight is 280 g/mol. The Labute approximate surface area is 104 Å². The van der Waals surface area contributed by atoms with Crippen LogP contribution in [0.2, 0.25) is 0 Å². The molecule has 0 heterocycles. The van der Waals surface area contributed by atoms with E-state index in [9.17, 15) is 4.79 Å². The summed E-state index contributed by atoms with van der Waals surface area (Å²) < 4.78 is 0. The minimum absolute atomic E-state index is 0.00241. The summed E-state index contributed by atoms with van der Waals surface area (Å²) in [6, 6.07) is 7.43. The van der Waals surface area contributed by atoms with Crippen molar-refractivity contribution in [2.45, 2.75) is 26.2 Å². The van der Waals surface area contributed by atoms with Gasteiger partial charge >= 0.3 is 0 Å². The highest BCUT2D eigenvalue weighted by molar-refractivity contribution is 9.09. The van der Waals surface area contributed by atoms with Crippen molar-refractivity contribution in [2.75, 3.05) is 5.33 Å². The Morgan fingerprint density at radius 2 is 2.00 bits per heavy atom. The lowest BCUT2D eigenvalue weighted by Crippen LogP contribution is -2.13. The number of alkyl halides is 1. The van der Waals surface area contributed by atoms with E-state index in [2.05, 4.69) is 42.8 Å². The quantitative estimate of drug-likeness (QED) is 0.615. The third-order valence-corrected chi connectivity index (χ3v) is 2.88. The molecule has 2 nitrogen and oxygen atoms in total. The highest BCUT2D eigenvalue weighted by Crippen LogP contribution is 2.24. The lowest BCUT2D eigenvalue weighted by atomic mass is 9.85. The first kappa shape index (κ1) is 12.9. The van der Waals surface area contributed by atoms with Gasteiger partial charge in [-0.05, 0) is 29.2 Å². The normalized spacial score (nSPS) is 10.9. The molecule has 0 aliphatic rings. The van der Waals surface area contributed by atoms with Crippen LogP contribution >= 0.6 is 15.9 Å². The van der Waals surface area contributed by atoms with Gasteiger partial charge in [0, 0.05) is 5.56 Å². The van der Waals surface area contributed by atoms with E-state index in [0.717, 1.165) is 5.56 Å². The summed E-state index contributed by atoms with van der Waals surface area (Å²) in [5, 5.41) is 9.22. The Balaban J connectivity index is 3.34. The molecular weight excluding hydrogens is 266 g/mol. The number of carbonyl (C=O) groups excluding carboxylic acids is 1. The first-order chi connectivity index (χ1) is 7.38. The Morgan fingerprint density at radius 1 is 1.38 bits per heavy atom. The zero-order valence-electron chi connectivity index (χ0n) is 9.67. The van der Waals surface area contributed by atoms with Crippen LogP contribution in [0, 0.1) is 11.3 Å². The predicted molar refractivity (Wildman–Crippen MR) is 68.0 cm³/mol. The number of benzene rings is 1. The van der Waals surface area contributed by atoms with Gasteiger partial charge in [0.15, 0.2) is 5.78 Å². The lowest BCUT2D eigenvalue weighted by molar-refractivity contribution is 0.102. The fraction of sp³-hybridized carbons (Fsp3) is 0.385. The zero-order valence-corrected chi connectivity index (χ0v) is 11.3. The second kappa shape index (κ2) is 4.80. The Kier molecular flexibility index (Phi) is 3.88. The summed E-state index contributed by atoms with van der Waals surface area (Å²) in [6.07, 6.45) is 0. The molecular formula is C13H14BrNO. The molecule has 3 heteroatoms. The topological polar surface area (TPSA) is 40.9 Å². The van der Waals surface area contributed by atoms with Crippen LogP contribution < -0.4 is 0 Å². The van der Waals surface area contributed by atoms with E-state index in [1.807, 2.05) is 12.1 Å². The Morgan fingerprint density at radius 3 is 2.44 bits per heavy atom. The molecule has 0 unspecified atom stereocenters. The van der Waals surface area contributed by atoms with Crippen LogP contribution in [-0.4, -0.2) is 11.1 Å². The van der Waals surface area contributed by atoms with E-state index < -0.39 is 0 Å². The third-order valence-electron chi connectivity index (χ3n) is 2.37. The van der Waals surface area contributed by atoms with Crippen LogP contribution in [0.5, 0.6) is 0 Å². The summed E-state index contributed by atoms with van der Waals surface area (Å²) in [5.74, 6) is 0.00241. The molecule has 1 aromatic rings. The molecule has 0 saturated heterocycles. The smallest absolute Gasteiger partial charge is 0.173 e. The third kappa shape index (κ3) is 2.93. The van der Waals surface area contributed by atoms with Crippen molar-refractivity contribution in [1.82, 2.24) is 0 Å². The average Bonchev–Trinajstić information content (AvgIpc) is 2.26. The molecule has 16 heavy (non-hydrogen) atoms. The fourth-order valence-electron chi connectivity index (χ4n) is 1.36. The summed E-state index contributed by atoms with van der Waals surface area (Å²) in [4.78, 5) is 11.6. The molecule has 0 aromatic heterocycles. The monoisotopic (exact) mass is 279 g/mol. The predicted octanol–water partition coefficient (Wildman–Crippen LogP) is 3.43. The van der Waals surface area contributed by atoms with E-state index in [1.54, 1.807) is 6.07 Å². The number of hydrogen-bond donors (Lipinski definition) is 0. The molecule has 1 rings (SSSR count). The number of hydrogen-bond acceptors (Lipinski definition) is 2. The SMILES string of the molecule is CC(C)(C)c1cc(C#N)cc(C(=O)CBr)c1. The molecule has 0 N–H and O–H groups in total.